The van der Waals surface area contributed by atoms with Crippen LogP contribution in [0.5, 0.6) is 0 Å². The first-order valence-corrected chi connectivity index (χ1v) is 5.70. The van der Waals surface area contributed by atoms with Gasteiger partial charge in [0.25, 0.3) is 0 Å². The summed E-state index contributed by atoms with van der Waals surface area (Å²) >= 11 is 11.9. The molecule has 16 heavy (non-hydrogen) atoms. The molecule has 0 unspecified atom stereocenters. The minimum Gasteiger partial charge on any atom is -0.380 e. The fraction of sp³-hybridized carbons (Fsp3) is 0.167. The number of hydrogen-bond acceptors (Lipinski definition) is 1. The Morgan fingerprint density at radius 2 is 2.06 bits per heavy atom. The molecule has 0 saturated heterocycles. The van der Waals surface area contributed by atoms with Gasteiger partial charge >= 0.3 is 0 Å². The number of nitrogens with zero attached hydrogens (tertiary/aromatic N) is 1. The number of rotatable bonds is 3. The highest BCUT2D eigenvalue weighted by molar-refractivity contribution is 6.36. The Balaban J connectivity index is 2.04. The van der Waals surface area contributed by atoms with Gasteiger partial charge in [-0.1, -0.05) is 23.2 Å². The SMILES string of the molecule is Cn1ccc(CNc2ccc(Cl)cc2Cl)c1. The fourth-order valence-electron chi connectivity index (χ4n) is 1.50. The summed E-state index contributed by atoms with van der Waals surface area (Å²) in [7, 11) is 2.00. The van der Waals surface area contributed by atoms with E-state index in [-0.39, 0.29) is 0 Å². The molecule has 0 spiro atoms. The van der Waals surface area contributed by atoms with Crippen LogP contribution in [-0.4, -0.2) is 4.57 Å². The van der Waals surface area contributed by atoms with E-state index in [0.717, 1.165) is 12.2 Å². The molecule has 0 radical (unpaired) electrons. The van der Waals surface area contributed by atoms with Gasteiger partial charge < -0.3 is 9.88 Å². The molecule has 1 N–H and O–H groups in total. The lowest BCUT2D eigenvalue weighted by Gasteiger charge is -2.07. The van der Waals surface area contributed by atoms with Crippen molar-refractivity contribution in [3.8, 4) is 0 Å². The van der Waals surface area contributed by atoms with Crippen LogP contribution in [0.4, 0.5) is 5.69 Å². The number of aromatic nitrogens is 1. The lowest BCUT2D eigenvalue weighted by Crippen LogP contribution is -1.98. The molecule has 1 aromatic heterocycles. The lowest BCUT2D eigenvalue weighted by molar-refractivity contribution is 0.920. The molecule has 0 aliphatic rings. The summed E-state index contributed by atoms with van der Waals surface area (Å²) < 4.78 is 2.01. The van der Waals surface area contributed by atoms with Crippen molar-refractivity contribution in [2.75, 3.05) is 5.32 Å². The summed E-state index contributed by atoms with van der Waals surface area (Å²) in [6, 6.07) is 7.50. The lowest BCUT2D eigenvalue weighted by atomic mass is 10.3. The zero-order chi connectivity index (χ0) is 11.5. The van der Waals surface area contributed by atoms with Gasteiger partial charge in [-0.3, -0.25) is 0 Å². The minimum atomic E-state index is 0.642. The molecule has 0 amide bonds. The quantitative estimate of drug-likeness (QED) is 0.878. The molecule has 2 rings (SSSR count). The summed E-state index contributed by atoms with van der Waals surface area (Å²) in [5.74, 6) is 0. The van der Waals surface area contributed by atoms with E-state index in [1.54, 1.807) is 6.07 Å². The van der Waals surface area contributed by atoms with Gasteiger partial charge in [-0.2, -0.15) is 0 Å². The van der Waals surface area contributed by atoms with Crippen LogP contribution >= 0.6 is 23.2 Å². The minimum absolute atomic E-state index is 0.642. The summed E-state index contributed by atoms with van der Waals surface area (Å²) in [5.41, 5.74) is 2.11. The maximum atomic E-state index is 6.05. The van der Waals surface area contributed by atoms with Gasteiger partial charge in [0.1, 0.15) is 0 Å². The first-order valence-electron chi connectivity index (χ1n) is 4.95. The molecule has 0 aliphatic carbocycles. The zero-order valence-electron chi connectivity index (χ0n) is 8.87. The molecule has 0 aliphatic heterocycles. The number of halogens is 2. The zero-order valence-corrected chi connectivity index (χ0v) is 10.4. The van der Waals surface area contributed by atoms with Crippen molar-refractivity contribution in [2.45, 2.75) is 6.54 Å². The van der Waals surface area contributed by atoms with Gasteiger partial charge in [-0.05, 0) is 29.8 Å². The first-order chi connectivity index (χ1) is 7.65. The van der Waals surface area contributed by atoms with E-state index < -0.39 is 0 Å². The average Bonchev–Trinajstić information content (AvgIpc) is 2.63. The van der Waals surface area contributed by atoms with E-state index in [9.17, 15) is 0 Å². The summed E-state index contributed by atoms with van der Waals surface area (Å²) in [6.45, 7) is 0.752. The third-order valence-corrected chi connectivity index (χ3v) is 2.86. The van der Waals surface area contributed by atoms with Gasteiger partial charge in [-0.25, -0.2) is 0 Å². The molecule has 1 heterocycles. The molecule has 84 valence electrons. The van der Waals surface area contributed by atoms with E-state index in [1.165, 1.54) is 5.56 Å². The summed E-state index contributed by atoms with van der Waals surface area (Å²) in [6.07, 6.45) is 4.08. The van der Waals surface area contributed by atoms with Crippen molar-refractivity contribution in [3.05, 3.63) is 52.3 Å². The second kappa shape index (κ2) is 4.81. The number of benzene rings is 1. The molecule has 2 nitrogen and oxygen atoms in total. The van der Waals surface area contributed by atoms with Crippen molar-refractivity contribution in [2.24, 2.45) is 7.05 Å². The van der Waals surface area contributed by atoms with Gasteiger partial charge in [0.05, 0.1) is 10.7 Å². The number of nitrogens with one attached hydrogen (secondary N) is 1. The van der Waals surface area contributed by atoms with E-state index in [0.29, 0.717) is 10.0 Å². The Labute approximate surface area is 105 Å². The normalized spacial score (nSPS) is 10.4. The van der Waals surface area contributed by atoms with Gasteiger partial charge in [0, 0.05) is 31.0 Å². The van der Waals surface area contributed by atoms with Crippen LogP contribution in [0.15, 0.2) is 36.7 Å². The summed E-state index contributed by atoms with van der Waals surface area (Å²) in [5, 5.41) is 4.56. The Kier molecular flexibility index (Phi) is 3.42. The van der Waals surface area contributed by atoms with Crippen LogP contribution in [0.3, 0.4) is 0 Å². The fourth-order valence-corrected chi connectivity index (χ4v) is 1.97. The second-order valence-electron chi connectivity index (χ2n) is 3.66. The standard InChI is InChI=1S/C12H12Cl2N2/c1-16-5-4-9(8-16)7-15-12-3-2-10(13)6-11(12)14/h2-6,8,15H,7H2,1H3. The maximum absolute atomic E-state index is 6.05. The van der Waals surface area contributed by atoms with Crippen molar-refractivity contribution >= 4 is 28.9 Å². The van der Waals surface area contributed by atoms with Gasteiger partial charge in [0.15, 0.2) is 0 Å². The predicted octanol–water partition coefficient (Wildman–Crippen LogP) is 3.94. The first kappa shape index (κ1) is 11.4. The molecule has 2 aromatic rings. The van der Waals surface area contributed by atoms with Gasteiger partial charge in [-0.15, -0.1) is 0 Å². The molecular formula is C12H12Cl2N2. The highest BCUT2D eigenvalue weighted by Gasteiger charge is 2.01. The molecule has 0 saturated carbocycles. The Hall–Kier alpha value is -1.12. The van der Waals surface area contributed by atoms with E-state index in [4.69, 9.17) is 23.2 Å². The topological polar surface area (TPSA) is 17.0 Å². The monoisotopic (exact) mass is 254 g/mol. The van der Waals surface area contributed by atoms with Crippen molar-refractivity contribution < 1.29 is 0 Å². The van der Waals surface area contributed by atoms with Crippen LogP contribution in [0.2, 0.25) is 10.0 Å². The van der Waals surface area contributed by atoms with E-state index >= 15 is 0 Å². The van der Waals surface area contributed by atoms with Crippen molar-refractivity contribution in [1.82, 2.24) is 4.57 Å². The Bertz CT molecular complexity index is 492. The second-order valence-corrected chi connectivity index (χ2v) is 4.51. The molecule has 0 atom stereocenters. The summed E-state index contributed by atoms with van der Waals surface area (Å²) in [4.78, 5) is 0. The van der Waals surface area contributed by atoms with E-state index in [1.807, 2.05) is 29.9 Å². The molecular weight excluding hydrogens is 243 g/mol. The van der Waals surface area contributed by atoms with Crippen LogP contribution in [0.1, 0.15) is 5.56 Å². The molecule has 0 bridgehead atoms. The largest absolute Gasteiger partial charge is 0.380 e. The smallest absolute Gasteiger partial charge is 0.0652 e. The van der Waals surface area contributed by atoms with Crippen LogP contribution in [0.25, 0.3) is 0 Å². The van der Waals surface area contributed by atoms with E-state index in [2.05, 4.69) is 17.6 Å². The highest BCUT2D eigenvalue weighted by Crippen LogP contribution is 2.25. The molecule has 0 fully saturated rings. The van der Waals surface area contributed by atoms with Crippen LogP contribution < -0.4 is 5.32 Å². The van der Waals surface area contributed by atoms with Crippen LogP contribution in [0, 0.1) is 0 Å². The average molecular weight is 255 g/mol. The Morgan fingerprint density at radius 3 is 2.69 bits per heavy atom. The Morgan fingerprint density at radius 1 is 1.25 bits per heavy atom. The highest BCUT2D eigenvalue weighted by atomic mass is 35.5. The van der Waals surface area contributed by atoms with Crippen molar-refractivity contribution in [3.63, 3.8) is 0 Å². The molecule has 4 heteroatoms. The number of hydrogen-bond donors (Lipinski definition) is 1. The number of aryl methyl sites for hydroxylation is 1. The maximum Gasteiger partial charge on any atom is 0.0652 e. The van der Waals surface area contributed by atoms with Crippen LogP contribution in [-0.2, 0) is 13.6 Å². The number of anilines is 1. The molecule has 1 aromatic carbocycles. The van der Waals surface area contributed by atoms with Crippen molar-refractivity contribution in [1.29, 1.82) is 0 Å². The third-order valence-electron chi connectivity index (χ3n) is 2.31. The predicted molar refractivity (Wildman–Crippen MR) is 69.2 cm³/mol. The third kappa shape index (κ3) is 2.71. The van der Waals surface area contributed by atoms with Gasteiger partial charge in [0.2, 0.25) is 0 Å².